The van der Waals surface area contributed by atoms with Crippen molar-refractivity contribution in [2.45, 2.75) is 92.3 Å². The molecule has 5 heteroatoms. The smallest absolute Gasteiger partial charge is 0.346 e. The molecule has 5 nitrogen and oxygen atoms in total. The van der Waals surface area contributed by atoms with Gasteiger partial charge in [0.1, 0.15) is 0 Å². The van der Waals surface area contributed by atoms with Crippen molar-refractivity contribution in [2.75, 3.05) is 6.61 Å². The lowest BCUT2D eigenvalue weighted by Gasteiger charge is -2.56. The molecule has 2 N–H and O–H groups in total. The number of ketones is 1. The molecule has 0 aromatic rings. The number of hydrogen-bond acceptors (Lipinski definition) is 5. The van der Waals surface area contributed by atoms with Gasteiger partial charge in [-0.25, -0.2) is 4.79 Å². The fraction of sp³-hybridized carbons (Fsp3) is 0.800. The third-order valence-corrected chi connectivity index (χ3v) is 10.8. The van der Waals surface area contributed by atoms with E-state index in [2.05, 4.69) is 46.8 Å². The first kappa shape index (κ1) is 26.6. The Morgan fingerprint density at radius 3 is 2.46 bits per heavy atom. The number of carbonyl (C=O) groups excluding carboxylic acids is 2. The van der Waals surface area contributed by atoms with Crippen LogP contribution in [0.4, 0.5) is 0 Å². The van der Waals surface area contributed by atoms with E-state index in [4.69, 9.17) is 4.74 Å². The van der Waals surface area contributed by atoms with Crippen molar-refractivity contribution in [1.29, 1.82) is 0 Å². The topological polar surface area (TPSA) is 83.8 Å². The van der Waals surface area contributed by atoms with Crippen LogP contribution in [0.2, 0.25) is 0 Å². The summed E-state index contributed by atoms with van der Waals surface area (Å²) in [6.45, 7) is 15.4. The lowest BCUT2D eigenvalue weighted by atomic mass is 9.48. The van der Waals surface area contributed by atoms with E-state index in [-0.39, 0.29) is 30.3 Å². The number of Topliss-reactive ketones (excluding diaryl/α,β-unsaturated/α-hetero) is 1. The molecule has 0 aliphatic heterocycles. The standard InChI is InChI=1S/C30H46O5/c1-8-35-27(33)30(34)16-29(7)22-13-14-28(6)20(19(5)10-9-18(4)17(2)3)11-12-21(28)25(22)24(31)15-23(29)26(30)32/h9-10,15,17-22,24-25,31,34H,8,11-14,16H2,1-7H3. The molecule has 10 atom stereocenters. The molecule has 0 saturated heterocycles. The van der Waals surface area contributed by atoms with Gasteiger partial charge in [-0.05, 0) is 85.5 Å². The van der Waals surface area contributed by atoms with Gasteiger partial charge in [0.15, 0.2) is 0 Å². The van der Waals surface area contributed by atoms with Gasteiger partial charge < -0.3 is 14.9 Å². The highest BCUT2D eigenvalue weighted by Gasteiger charge is 2.68. The van der Waals surface area contributed by atoms with Crippen LogP contribution in [0.3, 0.4) is 0 Å². The number of aliphatic hydroxyl groups is 2. The summed E-state index contributed by atoms with van der Waals surface area (Å²) >= 11 is 0. The molecular formula is C30H46O5. The summed E-state index contributed by atoms with van der Waals surface area (Å²) in [5.74, 6) is 1.26. The van der Waals surface area contributed by atoms with Crippen LogP contribution in [0.5, 0.6) is 0 Å². The van der Waals surface area contributed by atoms with Crippen LogP contribution in [-0.2, 0) is 14.3 Å². The largest absolute Gasteiger partial charge is 0.464 e. The highest BCUT2D eigenvalue weighted by molar-refractivity contribution is 6.18. The summed E-state index contributed by atoms with van der Waals surface area (Å²) < 4.78 is 5.09. The van der Waals surface area contributed by atoms with Gasteiger partial charge >= 0.3 is 5.97 Å². The van der Waals surface area contributed by atoms with Gasteiger partial charge in [-0.2, -0.15) is 0 Å². The van der Waals surface area contributed by atoms with E-state index in [0.717, 1.165) is 25.7 Å². The van der Waals surface area contributed by atoms with Crippen LogP contribution < -0.4 is 0 Å². The maximum atomic E-state index is 13.3. The molecule has 0 radical (unpaired) electrons. The van der Waals surface area contributed by atoms with E-state index in [0.29, 0.717) is 35.2 Å². The van der Waals surface area contributed by atoms with Crippen LogP contribution in [-0.4, -0.2) is 40.3 Å². The van der Waals surface area contributed by atoms with Crippen LogP contribution in [0.15, 0.2) is 23.8 Å². The predicted octanol–water partition coefficient (Wildman–Crippen LogP) is 5.10. The van der Waals surface area contributed by atoms with Crippen molar-refractivity contribution in [3.63, 3.8) is 0 Å². The van der Waals surface area contributed by atoms with Crippen LogP contribution in [0.25, 0.3) is 0 Å². The molecule has 3 fully saturated rings. The van der Waals surface area contributed by atoms with Crippen LogP contribution in [0.1, 0.15) is 80.6 Å². The van der Waals surface area contributed by atoms with Gasteiger partial charge in [-0.3, -0.25) is 4.79 Å². The summed E-state index contributed by atoms with van der Waals surface area (Å²) in [6.07, 6.45) is 9.96. The number of hydrogen-bond donors (Lipinski definition) is 2. The van der Waals surface area contributed by atoms with Crippen molar-refractivity contribution >= 4 is 11.8 Å². The van der Waals surface area contributed by atoms with Gasteiger partial charge in [0.25, 0.3) is 0 Å². The molecule has 35 heavy (non-hydrogen) atoms. The molecule has 0 aromatic carbocycles. The first-order valence-corrected chi connectivity index (χ1v) is 13.8. The van der Waals surface area contributed by atoms with E-state index in [1.165, 1.54) is 0 Å². The van der Waals surface area contributed by atoms with Crippen LogP contribution >= 0.6 is 0 Å². The highest BCUT2D eigenvalue weighted by atomic mass is 16.5. The van der Waals surface area contributed by atoms with Gasteiger partial charge in [0, 0.05) is 17.4 Å². The summed E-state index contributed by atoms with van der Waals surface area (Å²) in [6, 6.07) is 0. The Hall–Kier alpha value is -1.46. The Bertz CT molecular complexity index is 920. The summed E-state index contributed by atoms with van der Waals surface area (Å²) in [5.41, 5.74) is -2.20. The molecule has 0 spiro atoms. The van der Waals surface area contributed by atoms with Crippen molar-refractivity contribution in [2.24, 2.45) is 52.3 Å². The number of fused-ring (bicyclic) bond motifs is 5. The summed E-state index contributed by atoms with van der Waals surface area (Å²) in [7, 11) is 0. The number of esters is 1. The van der Waals surface area contributed by atoms with Crippen molar-refractivity contribution < 1.29 is 24.5 Å². The zero-order valence-electron chi connectivity index (χ0n) is 22.7. The average molecular weight is 487 g/mol. The molecule has 4 aliphatic rings. The molecular weight excluding hydrogens is 440 g/mol. The first-order chi connectivity index (χ1) is 16.3. The van der Waals surface area contributed by atoms with Crippen molar-refractivity contribution in [1.82, 2.24) is 0 Å². The van der Waals surface area contributed by atoms with E-state index in [9.17, 15) is 19.8 Å². The fourth-order valence-electron chi connectivity index (χ4n) is 8.51. The van der Waals surface area contributed by atoms with Gasteiger partial charge in [-0.1, -0.05) is 53.7 Å². The minimum Gasteiger partial charge on any atom is -0.464 e. The SMILES string of the molecule is CCOC(=O)C1(O)CC2(C)C(=CC(O)C3C2CCC2(C)C(C(C)C=CC(C)C(C)C)CCC32)C1=O. The zero-order valence-corrected chi connectivity index (χ0v) is 22.7. The lowest BCUT2D eigenvalue weighted by molar-refractivity contribution is -0.169. The van der Waals surface area contributed by atoms with Gasteiger partial charge in [0.2, 0.25) is 11.4 Å². The molecule has 4 rings (SSSR count). The van der Waals surface area contributed by atoms with Crippen molar-refractivity contribution in [3.05, 3.63) is 23.8 Å². The average Bonchev–Trinajstić information content (AvgIpc) is 3.24. The Kier molecular flexibility index (Phi) is 6.94. The molecule has 0 aromatic heterocycles. The maximum Gasteiger partial charge on any atom is 0.346 e. The molecule has 10 unspecified atom stereocenters. The highest BCUT2D eigenvalue weighted by Crippen LogP contribution is 2.68. The predicted molar refractivity (Wildman–Crippen MR) is 136 cm³/mol. The number of carbonyl (C=O) groups is 2. The third kappa shape index (κ3) is 3.96. The Labute approximate surface area is 211 Å². The Morgan fingerprint density at radius 2 is 1.83 bits per heavy atom. The van der Waals surface area contributed by atoms with Crippen molar-refractivity contribution in [3.8, 4) is 0 Å². The molecule has 0 amide bonds. The number of aliphatic hydroxyl groups excluding tert-OH is 1. The first-order valence-electron chi connectivity index (χ1n) is 13.8. The van der Waals surface area contributed by atoms with Gasteiger partial charge in [0.05, 0.1) is 12.7 Å². The molecule has 0 heterocycles. The normalized spacial score (nSPS) is 44.6. The van der Waals surface area contributed by atoms with Gasteiger partial charge in [-0.15, -0.1) is 0 Å². The molecule has 4 aliphatic carbocycles. The minimum atomic E-state index is -2.14. The van der Waals surface area contributed by atoms with E-state index < -0.39 is 28.9 Å². The number of ether oxygens (including phenoxy) is 1. The summed E-state index contributed by atoms with van der Waals surface area (Å²) in [4.78, 5) is 25.9. The maximum absolute atomic E-state index is 13.3. The number of allylic oxidation sites excluding steroid dienone is 2. The lowest BCUT2D eigenvalue weighted by Crippen LogP contribution is -2.53. The van der Waals surface area contributed by atoms with E-state index in [1.807, 2.05) is 6.92 Å². The molecule has 0 bridgehead atoms. The van der Waals surface area contributed by atoms with E-state index in [1.54, 1.807) is 13.0 Å². The second-order valence-corrected chi connectivity index (χ2v) is 12.9. The third-order valence-electron chi connectivity index (χ3n) is 10.8. The minimum absolute atomic E-state index is 0.0376. The Morgan fingerprint density at radius 1 is 1.14 bits per heavy atom. The second-order valence-electron chi connectivity index (χ2n) is 12.9. The zero-order chi connectivity index (χ0) is 25.9. The van der Waals surface area contributed by atoms with Crippen LogP contribution in [0, 0.1) is 52.3 Å². The Balaban J connectivity index is 1.61. The quantitative estimate of drug-likeness (QED) is 0.310. The fourth-order valence-corrected chi connectivity index (χ4v) is 8.51. The summed E-state index contributed by atoms with van der Waals surface area (Å²) in [5, 5.41) is 22.6. The molecule has 3 saturated carbocycles. The molecule has 196 valence electrons. The monoisotopic (exact) mass is 486 g/mol. The van der Waals surface area contributed by atoms with E-state index >= 15 is 0 Å². The number of rotatable bonds is 6. The second kappa shape index (κ2) is 9.13.